The highest BCUT2D eigenvalue weighted by Gasteiger charge is 1.99. The highest BCUT2D eigenvalue weighted by Crippen LogP contribution is 2.09. The van der Waals surface area contributed by atoms with Gasteiger partial charge in [0.1, 0.15) is 0 Å². The molecule has 0 aliphatic rings. The van der Waals surface area contributed by atoms with Crippen LogP contribution >= 0.6 is 0 Å². The van der Waals surface area contributed by atoms with Crippen LogP contribution in [0.3, 0.4) is 0 Å². The molecule has 0 aliphatic carbocycles. The van der Waals surface area contributed by atoms with E-state index >= 15 is 0 Å². The van der Waals surface area contributed by atoms with E-state index in [0.717, 1.165) is 6.54 Å². The standard InChI is InChI=1S/C13H19NO2/c1-10-4-5-12(8-11(10)2)9-14-7-6-13(15)16-3/h4-5,8,14H,6-7,9H2,1-3H3. The Balaban J connectivity index is 2.32. The van der Waals surface area contributed by atoms with Crippen molar-refractivity contribution in [1.82, 2.24) is 5.32 Å². The predicted molar refractivity (Wildman–Crippen MR) is 64.3 cm³/mol. The van der Waals surface area contributed by atoms with Gasteiger partial charge in [-0.1, -0.05) is 18.2 Å². The molecule has 3 heteroatoms. The van der Waals surface area contributed by atoms with Crippen molar-refractivity contribution < 1.29 is 9.53 Å². The van der Waals surface area contributed by atoms with Gasteiger partial charge in [0, 0.05) is 13.1 Å². The van der Waals surface area contributed by atoms with Crippen LogP contribution in [0.4, 0.5) is 0 Å². The fraction of sp³-hybridized carbons (Fsp3) is 0.462. The van der Waals surface area contributed by atoms with E-state index in [1.165, 1.54) is 23.8 Å². The Hall–Kier alpha value is -1.35. The van der Waals surface area contributed by atoms with Crippen molar-refractivity contribution in [3.63, 3.8) is 0 Å². The zero-order valence-electron chi connectivity index (χ0n) is 10.2. The van der Waals surface area contributed by atoms with Crippen LogP contribution in [0.25, 0.3) is 0 Å². The summed E-state index contributed by atoms with van der Waals surface area (Å²) < 4.78 is 4.56. The van der Waals surface area contributed by atoms with E-state index in [0.29, 0.717) is 13.0 Å². The lowest BCUT2D eigenvalue weighted by Crippen LogP contribution is -2.18. The van der Waals surface area contributed by atoms with Gasteiger partial charge >= 0.3 is 5.97 Å². The van der Waals surface area contributed by atoms with Crippen molar-refractivity contribution in [3.8, 4) is 0 Å². The van der Waals surface area contributed by atoms with E-state index in [2.05, 4.69) is 42.1 Å². The lowest BCUT2D eigenvalue weighted by atomic mass is 10.1. The number of rotatable bonds is 5. The second-order valence-corrected chi connectivity index (χ2v) is 3.92. The minimum Gasteiger partial charge on any atom is -0.469 e. The molecule has 0 bridgehead atoms. The fourth-order valence-corrected chi connectivity index (χ4v) is 1.44. The molecular weight excluding hydrogens is 202 g/mol. The molecule has 0 aliphatic heterocycles. The van der Waals surface area contributed by atoms with E-state index in [1.54, 1.807) is 0 Å². The van der Waals surface area contributed by atoms with Gasteiger partial charge in [0.15, 0.2) is 0 Å². The number of nitrogens with one attached hydrogen (secondary N) is 1. The molecule has 0 aromatic heterocycles. The highest BCUT2D eigenvalue weighted by molar-refractivity contribution is 5.69. The number of methoxy groups -OCH3 is 1. The Morgan fingerprint density at radius 3 is 2.69 bits per heavy atom. The Labute approximate surface area is 96.8 Å². The molecule has 1 rings (SSSR count). The van der Waals surface area contributed by atoms with Crippen molar-refractivity contribution in [1.29, 1.82) is 0 Å². The number of ether oxygens (including phenoxy) is 1. The Morgan fingerprint density at radius 2 is 2.06 bits per heavy atom. The van der Waals surface area contributed by atoms with Crippen molar-refractivity contribution in [2.24, 2.45) is 0 Å². The molecule has 16 heavy (non-hydrogen) atoms. The SMILES string of the molecule is COC(=O)CCNCc1ccc(C)c(C)c1. The van der Waals surface area contributed by atoms with Crippen molar-refractivity contribution in [2.45, 2.75) is 26.8 Å². The van der Waals surface area contributed by atoms with E-state index < -0.39 is 0 Å². The van der Waals surface area contributed by atoms with Crippen LogP contribution in [0.5, 0.6) is 0 Å². The molecule has 0 radical (unpaired) electrons. The molecule has 88 valence electrons. The first-order valence-corrected chi connectivity index (χ1v) is 5.47. The first-order chi connectivity index (χ1) is 7.63. The van der Waals surface area contributed by atoms with Crippen LogP contribution < -0.4 is 5.32 Å². The summed E-state index contributed by atoms with van der Waals surface area (Å²) in [5.41, 5.74) is 3.85. The van der Waals surface area contributed by atoms with Crippen LogP contribution in [-0.4, -0.2) is 19.6 Å². The smallest absolute Gasteiger partial charge is 0.306 e. The summed E-state index contributed by atoms with van der Waals surface area (Å²) >= 11 is 0. The number of hydrogen-bond donors (Lipinski definition) is 1. The monoisotopic (exact) mass is 221 g/mol. The van der Waals surface area contributed by atoms with Gasteiger partial charge < -0.3 is 10.1 Å². The largest absolute Gasteiger partial charge is 0.469 e. The zero-order valence-corrected chi connectivity index (χ0v) is 10.2. The normalized spacial score (nSPS) is 10.2. The minimum atomic E-state index is -0.174. The van der Waals surface area contributed by atoms with Crippen molar-refractivity contribution in [3.05, 3.63) is 34.9 Å². The van der Waals surface area contributed by atoms with Gasteiger partial charge in [-0.3, -0.25) is 4.79 Å². The molecule has 1 N–H and O–H groups in total. The molecular formula is C13H19NO2. The summed E-state index contributed by atoms with van der Waals surface area (Å²) in [5, 5.41) is 3.21. The first kappa shape index (κ1) is 12.7. The Morgan fingerprint density at radius 1 is 1.31 bits per heavy atom. The van der Waals surface area contributed by atoms with Crippen LogP contribution in [0.1, 0.15) is 23.1 Å². The van der Waals surface area contributed by atoms with Gasteiger partial charge in [-0.05, 0) is 30.5 Å². The van der Waals surface area contributed by atoms with Crippen molar-refractivity contribution in [2.75, 3.05) is 13.7 Å². The van der Waals surface area contributed by atoms with Crippen LogP contribution in [0.15, 0.2) is 18.2 Å². The molecule has 0 unspecified atom stereocenters. The number of carbonyl (C=O) groups is 1. The molecule has 0 heterocycles. The minimum absolute atomic E-state index is 0.174. The second kappa shape index (κ2) is 6.28. The average molecular weight is 221 g/mol. The van der Waals surface area contributed by atoms with Crippen molar-refractivity contribution >= 4 is 5.97 Å². The van der Waals surface area contributed by atoms with Crippen LogP contribution in [-0.2, 0) is 16.1 Å². The molecule has 0 saturated carbocycles. The van der Waals surface area contributed by atoms with Gasteiger partial charge in [0.2, 0.25) is 0 Å². The van der Waals surface area contributed by atoms with E-state index in [9.17, 15) is 4.79 Å². The quantitative estimate of drug-likeness (QED) is 0.610. The van der Waals surface area contributed by atoms with Gasteiger partial charge in [-0.15, -0.1) is 0 Å². The maximum atomic E-state index is 10.9. The lowest BCUT2D eigenvalue weighted by Gasteiger charge is -2.06. The Kier molecular flexibility index (Phi) is 4.99. The summed E-state index contributed by atoms with van der Waals surface area (Å²) in [6.07, 6.45) is 0.418. The molecule has 3 nitrogen and oxygen atoms in total. The zero-order chi connectivity index (χ0) is 12.0. The molecule has 0 atom stereocenters. The molecule has 0 spiro atoms. The van der Waals surface area contributed by atoms with Crippen LogP contribution in [0, 0.1) is 13.8 Å². The highest BCUT2D eigenvalue weighted by atomic mass is 16.5. The van der Waals surface area contributed by atoms with E-state index in [-0.39, 0.29) is 5.97 Å². The van der Waals surface area contributed by atoms with Gasteiger partial charge in [0.05, 0.1) is 13.5 Å². The third-order valence-corrected chi connectivity index (χ3v) is 2.63. The number of hydrogen-bond acceptors (Lipinski definition) is 3. The second-order valence-electron chi connectivity index (χ2n) is 3.92. The summed E-state index contributed by atoms with van der Waals surface area (Å²) in [4.78, 5) is 10.9. The van der Waals surface area contributed by atoms with Crippen LogP contribution in [0.2, 0.25) is 0 Å². The predicted octanol–water partition coefficient (Wildman–Crippen LogP) is 1.96. The summed E-state index contributed by atoms with van der Waals surface area (Å²) in [6, 6.07) is 6.39. The van der Waals surface area contributed by atoms with Gasteiger partial charge in [-0.2, -0.15) is 0 Å². The first-order valence-electron chi connectivity index (χ1n) is 5.47. The molecule has 0 saturated heterocycles. The number of esters is 1. The average Bonchev–Trinajstić information content (AvgIpc) is 2.28. The molecule has 0 fully saturated rings. The molecule has 0 amide bonds. The summed E-state index contributed by atoms with van der Waals surface area (Å²) in [6.45, 7) is 5.65. The summed E-state index contributed by atoms with van der Waals surface area (Å²) in [5.74, 6) is -0.174. The maximum Gasteiger partial charge on any atom is 0.306 e. The third-order valence-electron chi connectivity index (χ3n) is 2.63. The fourth-order valence-electron chi connectivity index (χ4n) is 1.44. The third kappa shape index (κ3) is 4.03. The van der Waals surface area contributed by atoms with Gasteiger partial charge in [-0.25, -0.2) is 0 Å². The molecule has 1 aromatic carbocycles. The number of benzene rings is 1. The number of aryl methyl sites for hydroxylation is 2. The maximum absolute atomic E-state index is 10.9. The van der Waals surface area contributed by atoms with E-state index in [4.69, 9.17) is 0 Å². The molecule has 1 aromatic rings. The Bertz CT molecular complexity index is 361. The van der Waals surface area contributed by atoms with E-state index in [1.807, 2.05) is 0 Å². The number of carbonyl (C=O) groups excluding carboxylic acids is 1. The summed E-state index contributed by atoms with van der Waals surface area (Å²) in [7, 11) is 1.41. The van der Waals surface area contributed by atoms with Gasteiger partial charge in [0.25, 0.3) is 0 Å². The topological polar surface area (TPSA) is 38.3 Å². The lowest BCUT2D eigenvalue weighted by molar-refractivity contribution is -0.140.